The van der Waals surface area contributed by atoms with Crippen molar-refractivity contribution in [3.63, 3.8) is 0 Å². The van der Waals surface area contributed by atoms with Crippen LogP contribution in [0.1, 0.15) is 110 Å². The van der Waals surface area contributed by atoms with Crippen LogP contribution in [0.2, 0.25) is 0 Å². The van der Waals surface area contributed by atoms with Crippen molar-refractivity contribution in [2.24, 2.45) is 23.0 Å². The van der Waals surface area contributed by atoms with Crippen LogP contribution in [-0.4, -0.2) is 92.1 Å². The van der Waals surface area contributed by atoms with Gasteiger partial charge in [0.15, 0.2) is 0 Å². The van der Waals surface area contributed by atoms with Gasteiger partial charge in [0.25, 0.3) is 0 Å². The van der Waals surface area contributed by atoms with Gasteiger partial charge in [-0.25, -0.2) is 0 Å². The lowest BCUT2D eigenvalue weighted by atomic mass is 9.78. The molecule has 0 spiro atoms. The summed E-state index contributed by atoms with van der Waals surface area (Å²) in [6.07, 6.45) is 18.2. The van der Waals surface area contributed by atoms with Crippen molar-refractivity contribution >= 4 is 5.71 Å². The van der Waals surface area contributed by atoms with E-state index in [1.807, 2.05) is 17.9 Å². The molecule has 2 heterocycles. The molecule has 8 atom stereocenters. The molecule has 8 heteroatoms. The molecule has 0 aromatic carbocycles. The SMILES string of the molecule is C[C@H](O)CCCC1(CC(O)[C@@H]2C(=N)CCN2C(O)C2CCCN2C[C@@H](N)CC2=CC=C(O)CC2)CC1C1CCCCC1. The molecule has 2 aliphatic heterocycles. The Labute approximate surface area is 253 Å². The van der Waals surface area contributed by atoms with Crippen LogP contribution in [0, 0.1) is 22.7 Å². The summed E-state index contributed by atoms with van der Waals surface area (Å²) in [5.41, 5.74) is 8.52. The summed E-state index contributed by atoms with van der Waals surface area (Å²) in [5.74, 6) is 1.84. The van der Waals surface area contributed by atoms with Crippen molar-refractivity contribution in [2.45, 2.75) is 146 Å². The van der Waals surface area contributed by atoms with Gasteiger partial charge in [-0.2, -0.15) is 0 Å². The normalized spacial score (nSPS) is 34.2. The number of aliphatic hydroxyl groups is 4. The summed E-state index contributed by atoms with van der Waals surface area (Å²) in [4.78, 5) is 4.36. The molecule has 0 bridgehead atoms. The predicted molar refractivity (Wildman–Crippen MR) is 167 cm³/mol. The highest BCUT2D eigenvalue weighted by Crippen LogP contribution is 2.64. The van der Waals surface area contributed by atoms with E-state index in [1.165, 1.54) is 37.7 Å². The van der Waals surface area contributed by atoms with E-state index in [0.29, 0.717) is 49.7 Å². The van der Waals surface area contributed by atoms with E-state index in [0.717, 1.165) is 63.8 Å². The molecule has 4 fully saturated rings. The molecule has 5 rings (SSSR count). The molecule has 7 N–H and O–H groups in total. The van der Waals surface area contributed by atoms with E-state index in [4.69, 9.17) is 11.1 Å². The average Bonchev–Trinajstić information content (AvgIpc) is 3.25. The molecular formula is C34H58N4O4. The fourth-order valence-electron chi connectivity index (χ4n) is 9.15. The zero-order valence-electron chi connectivity index (χ0n) is 26.0. The lowest BCUT2D eigenvalue weighted by Gasteiger charge is -2.39. The first-order valence-electron chi connectivity index (χ1n) is 17.1. The van der Waals surface area contributed by atoms with Crippen LogP contribution in [-0.2, 0) is 0 Å². The van der Waals surface area contributed by atoms with Gasteiger partial charge in [0.1, 0.15) is 6.23 Å². The minimum Gasteiger partial charge on any atom is -0.512 e. The van der Waals surface area contributed by atoms with E-state index >= 15 is 0 Å². The summed E-state index contributed by atoms with van der Waals surface area (Å²) in [5, 5.41) is 51.9. The van der Waals surface area contributed by atoms with E-state index in [9.17, 15) is 20.4 Å². The van der Waals surface area contributed by atoms with Crippen molar-refractivity contribution in [3.8, 4) is 0 Å². The monoisotopic (exact) mass is 586 g/mol. The first-order valence-corrected chi connectivity index (χ1v) is 17.1. The highest BCUT2D eigenvalue weighted by atomic mass is 16.3. The highest BCUT2D eigenvalue weighted by molar-refractivity contribution is 5.89. The molecule has 0 amide bonds. The third-order valence-corrected chi connectivity index (χ3v) is 11.4. The smallest absolute Gasteiger partial charge is 0.123 e. The lowest BCUT2D eigenvalue weighted by molar-refractivity contribution is -0.0753. The van der Waals surface area contributed by atoms with Gasteiger partial charge in [0, 0.05) is 37.3 Å². The Kier molecular flexibility index (Phi) is 10.9. The third-order valence-electron chi connectivity index (χ3n) is 11.4. The van der Waals surface area contributed by atoms with Crippen molar-refractivity contribution < 1.29 is 20.4 Å². The average molecular weight is 587 g/mol. The number of nitrogens with zero attached hydrogens (tertiary/aromatic N) is 2. The van der Waals surface area contributed by atoms with Crippen molar-refractivity contribution in [1.82, 2.24) is 9.80 Å². The second kappa shape index (κ2) is 14.2. The maximum atomic E-state index is 11.8. The Morgan fingerprint density at radius 2 is 1.81 bits per heavy atom. The van der Waals surface area contributed by atoms with Gasteiger partial charge < -0.3 is 31.6 Å². The Balaban J connectivity index is 1.21. The van der Waals surface area contributed by atoms with Gasteiger partial charge in [-0.05, 0) is 94.6 Å². The summed E-state index contributed by atoms with van der Waals surface area (Å²) in [7, 11) is 0. The van der Waals surface area contributed by atoms with Gasteiger partial charge in [0.05, 0.1) is 24.0 Å². The zero-order valence-corrected chi connectivity index (χ0v) is 26.0. The molecule has 3 aliphatic carbocycles. The number of likely N-dealkylation sites (tertiary alicyclic amines) is 2. The Morgan fingerprint density at radius 3 is 2.52 bits per heavy atom. The van der Waals surface area contributed by atoms with Gasteiger partial charge >= 0.3 is 0 Å². The van der Waals surface area contributed by atoms with Crippen LogP contribution in [0.15, 0.2) is 23.5 Å². The van der Waals surface area contributed by atoms with Crippen molar-refractivity contribution in [1.29, 1.82) is 5.41 Å². The van der Waals surface area contributed by atoms with Crippen LogP contribution in [0.25, 0.3) is 0 Å². The number of hydrogen-bond acceptors (Lipinski definition) is 8. The van der Waals surface area contributed by atoms with E-state index < -0.39 is 18.4 Å². The molecule has 2 saturated carbocycles. The number of rotatable bonds is 14. The summed E-state index contributed by atoms with van der Waals surface area (Å²) >= 11 is 0. The van der Waals surface area contributed by atoms with Crippen molar-refractivity contribution in [2.75, 3.05) is 19.6 Å². The number of aliphatic hydroxyl groups excluding tert-OH is 4. The number of hydrogen-bond donors (Lipinski definition) is 6. The van der Waals surface area contributed by atoms with Gasteiger partial charge in [-0.1, -0.05) is 50.2 Å². The van der Waals surface area contributed by atoms with Crippen LogP contribution in [0.3, 0.4) is 0 Å². The summed E-state index contributed by atoms with van der Waals surface area (Å²) in [6, 6.07) is -0.509. The molecule has 2 saturated heterocycles. The fourth-order valence-corrected chi connectivity index (χ4v) is 9.15. The van der Waals surface area contributed by atoms with Crippen LogP contribution >= 0.6 is 0 Å². The largest absolute Gasteiger partial charge is 0.512 e. The topological polar surface area (TPSA) is 137 Å². The fraction of sp³-hybridized carbons (Fsp3) is 0.853. The highest BCUT2D eigenvalue weighted by Gasteiger charge is 2.58. The third kappa shape index (κ3) is 7.67. The second-order valence-corrected chi connectivity index (χ2v) is 14.6. The zero-order chi connectivity index (χ0) is 29.9. The standard InChI is InChI=1S/C34H58N4O4/c1-23(39)7-5-16-34(20-28(34)25-8-3-2-4-9-25)21-31(41)32-29(36)15-18-38(32)33(42)30-10-6-17-37(30)22-26(35)19-24-11-13-27(40)14-12-24/h11,13,23,25-26,28,30-33,36,39-42H,2-10,12,14-22,35H2,1H3/t23-,26-,28?,30?,31?,32-,33?,34?/m0/s1. The van der Waals surface area contributed by atoms with Gasteiger partial charge in [-0.3, -0.25) is 9.80 Å². The van der Waals surface area contributed by atoms with Gasteiger partial charge in [0.2, 0.25) is 0 Å². The van der Waals surface area contributed by atoms with Gasteiger partial charge in [-0.15, -0.1) is 0 Å². The molecule has 8 nitrogen and oxygen atoms in total. The summed E-state index contributed by atoms with van der Waals surface area (Å²) < 4.78 is 0. The lowest BCUT2D eigenvalue weighted by Crippen LogP contribution is -2.56. The first-order chi connectivity index (χ1) is 20.2. The molecule has 0 aromatic rings. The van der Waals surface area contributed by atoms with E-state index in [-0.39, 0.29) is 23.6 Å². The molecule has 5 aliphatic rings. The minimum atomic E-state index is -0.726. The molecule has 238 valence electrons. The van der Waals surface area contributed by atoms with E-state index in [2.05, 4.69) is 4.90 Å². The van der Waals surface area contributed by atoms with Crippen LogP contribution < -0.4 is 5.73 Å². The molecular weight excluding hydrogens is 528 g/mol. The Bertz CT molecular complexity index is 979. The molecule has 42 heavy (non-hydrogen) atoms. The van der Waals surface area contributed by atoms with Crippen LogP contribution in [0.5, 0.6) is 0 Å². The molecule has 5 unspecified atom stereocenters. The maximum Gasteiger partial charge on any atom is 0.123 e. The quantitative estimate of drug-likeness (QED) is 0.175. The van der Waals surface area contributed by atoms with E-state index in [1.54, 1.807) is 6.08 Å². The number of nitrogens with two attached hydrogens (primary N) is 1. The maximum absolute atomic E-state index is 11.8. The number of allylic oxidation sites excluding steroid dienone is 3. The second-order valence-electron chi connectivity index (χ2n) is 14.6. The number of nitrogens with one attached hydrogen (secondary N) is 1. The minimum absolute atomic E-state index is 0.0379. The molecule has 0 aromatic heterocycles. The molecule has 0 radical (unpaired) electrons. The Morgan fingerprint density at radius 1 is 1.02 bits per heavy atom. The Hall–Kier alpha value is -1.29. The van der Waals surface area contributed by atoms with Crippen molar-refractivity contribution in [3.05, 3.63) is 23.5 Å². The van der Waals surface area contributed by atoms with Crippen LogP contribution in [0.4, 0.5) is 0 Å². The first kappa shape index (κ1) is 32.1. The summed E-state index contributed by atoms with van der Waals surface area (Å²) in [6.45, 7) is 4.09. The predicted octanol–water partition coefficient (Wildman–Crippen LogP) is 4.63.